The Morgan fingerprint density at radius 1 is 1.32 bits per heavy atom. The van der Waals surface area contributed by atoms with Crippen molar-refractivity contribution < 1.29 is 0 Å². The molecule has 1 aliphatic heterocycles. The lowest BCUT2D eigenvalue weighted by atomic mass is 9.95. The molecule has 4 nitrogen and oxygen atoms in total. The van der Waals surface area contributed by atoms with Gasteiger partial charge in [-0.2, -0.15) is 4.98 Å². The number of thiophene rings is 1. The molecule has 0 radical (unpaired) electrons. The molecule has 2 unspecified atom stereocenters. The Labute approximate surface area is 117 Å². The number of hydrogen-bond donors (Lipinski definition) is 1. The minimum absolute atomic E-state index is 0.384. The molecule has 0 aromatic carbocycles. The van der Waals surface area contributed by atoms with Gasteiger partial charge >= 0.3 is 0 Å². The zero-order valence-electron chi connectivity index (χ0n) is 11.7. The number of aryl methyl sites for hydroxylation is 1. The van der Waals surface area contributed by atoms with Gasteiger partial charge in [0.15, 0.2) is 0 Å². The van der Waals surface area contributed by atoms with Crippen LogP contribution in [-0.4, -0.2) is 22.6 Å². The summed E-state index contributed by atoms with van der Waals surface area (Å²) in [5.74, 6) is 2.11. The lowest BCUT2D eigenvalue weighted by Gasteiger charge is -2.38. The second-order valence-corrected chi connectivity index (χ2v) is 6.90. The van der Waals surface area contributed by atoms with Crippen LogP contribution in [0.3, 0.4) is 0 Å². The van der Waals surface area contributed by atoms with Crippen LogP contribution in [-0.2, 0) is 0 Å². The average molecular weight is 276 g/mol. The molecule has 0 amide bonds. The summed E-state index contributed by atoms with van der Waals surface area (Å²) in [5, 5.41) is 1.15. The molecule has 1 aliphatic rings. The van der Waals surface area contributed by atoms with Gasteiger partial charge < -0.3 is 10.6 Å². The SMILES string of the molecule is Cc1cc2c(N3CC(C)CCC3C)nc(N)nc2s1. The van der Waals surface area contributed by atoms with E-state index in [4.69, 9.17) is 5.73 Å². The molecule has 2 aromatic heterocycles. The van der Waals surface area contributed by atoms with Crippen molar-refractivity contribution >= 4 is 33.3 Å². The van der Waals surface area contributed by atoms with Crippen LogP contribution in [0.15, 0.2) is 6.07 Å². The number of anilines is 2. The van der Waals surface area contributed by atoms with Crippen molar-refractivity contribution in [3.63, 3.8) is 0 Å². The number of nitrogen functional groups attached to an aromatic ring is 1. The lowest BCUT2D eigenvalue weighted by Crippen LogP contribution is -2.41. The van der Waals surface area contributed by atoms with Crippen molar-refractivity contribution in [2.45, 2.75) is 39.7 Å². The molecule has 5 heteroatoms. The van der Waals surface area contributed by atoms with E-state index in [1.54, 1.807) is 11.3 Å². The van der Waals surface area contributed by atoms with Crippen molar-refractivity contribution in [3.8, 4) is 0 Å². The number of hydrogen-bond acceptors (Lipinski definition) is 5. The molecule has 2 atom stereocenters. The van der Waals surface area contributed by atoms with Crippen molar-refractivity contribution in [3.05, 3.63) is 10.9 Å². The fourth-order valence-corrected chi connectivity index (χ4v) is 3.73. The van der Waals surface area contributed by atoms with E-state index >= 15 is 0 Å². The second-order valence-electron chi connectivity index (χ2n) is 5.67. The van der Waals surface area contributed by atoms with E-state index < -0.39 is 0 Å². The van der Waals surface area contributed by atoms with E-state index in [9.17, 15) is 0 Å². The third kappa shape index (κ3) is 2.27. The number of rotatable bonds is 1. The first-order chi connectivity index (χ1) is 9.04. The number of piperidine rings is 1. The average Bonchev–Trinajstić information content (AvgIpc) is 2.71. The molecule has 0 bridgehead atoms. The van der Waals surface area contributed by atoms with E-state index in [1.807, 2.05) is 0 Å². The van der Waals surface area contributed by atoms with Gasteiger partial charge in [0.1, 0.15) is 10.6 Å². The first kappa shape index (κ1) is 12.7. The zero-order chi connectivity index (χ0) is 13.6. The van der Waals surface area contributed by atoms with Crippen LogP contribution in [0.5, 0.6) is 0 Å². The maximum absolute atomic E-state index is 5.88. The van der Waals surface area contributed by atoms with Gasteiger partial charge in [-0.3, -0.25) is 0 Å². The maximum Gasteiger partial charge on any atom is 0.223 e. The largest absolute Gasteiger partial charge is 0.368 e. The van der Waals surface area contributed by atoms with E-state index in [0.29, 0.717) is 17.9 Å². The molecule has 102 valence electrons. The molecule has 0 saturated carbocycles. The third-order valence-corrected chi connectivity index (χ3v) is 4.85. The highest BCUT2D eigenvalue weighted by molar-refractivity contribution is 7.18. The maximum atomic E-state index is 5.88. The standard InChI is InChI=1S/C14H20N4S/c1-8-4-5-9(2)18(7-8)12-11-6-10(3)19-13(11)17-14(15)16-12/h6,8-9H,4-5,7H2,1-3H3,(H2,15,16,17). The fourth-order valence-electron chi connectivity index (χ4n) is 2.85. The Bertz CT molecular complexity index is 607. The first-order valence-corrected chi connectivity index (χ1v) is 7.66. The molecule has 2 N–H and O–H groups in total. The highest BCUT2D eigenvalue weighted by atomic mass is 32.1. The van der Waals surface area contributed by atoms with Gasteiger partial charge in [0.05, 0.1) is 5.39 Å². The topological polar surface area (TPSA) is 55.0 Å². The van der Waals surface area contributed by atoms with Crippen LogP contribution in [0.4, 0.5) is 11.8 Å². The van der Waals surface area contributed by atoms with Gasteiger partial charge in [-0.25, -0.2) is 4.98 Å². The van der Waals surface area contributed by atoms with Gasteiger partial charge in [0.2, 0.25) is 5.95 Å². The molecule has 3 heterocycles. The van der Waals surface area contributed by atoms with Crippen LogP contribution >= 0.6 is 11.3 Å². The molecular formula is C14H20N4S. The van der Waals surface area contributed by atoms with Gasteiger partial charge in [0, 0.05) is 17.5 Å². The molecule has 1 fully saturated rings. The Hall–Kier alpha value is -1.36. The zero-order valence-corrected chi connectivity index (χ0v) is 12.5. The predicted octanol–water partition coefficient (Wildman–Crippen LogP) is 3.21. The quantitative estimate of drug-likeness (QED) is 0.869. The van der Waals surface area contributed by atoms with Gasteiger partial charge in [0.25, 0.3) is 0 Å². The van der Waals surface area contributed by atoms with Gasteiger partial charge in [-0.05, 0) is 38.7 Å². The highest BCUT2D eigenvalue weighted by Gasteiger charge is 2.26. The minimum Gasteiger partial charge on any atom is -0.368 e. The van der Waals surface area contributed by atoms with Crippen molar-refractivity contribution in [1.29, 1.82) is 0 Å². The Morgan fingerprint density at radius 3 is 2.89 bits per heavy atom. The molecule has 1 saturated heterocycles. The monoisotopic (exact) mass is 276 g/mol. The number of fused-ring (bicyclic) bond motifs is 1. The molecule has 0 spiro atoms. The summed E-state index contributed by atoms with van der Waals surface area (Å²) in [7, 11) is 0. The summed E-state index contributed by atoms with van der Waals surface area (Å²) >= 11 is 1.69. The summed E-state index contributed by atoms with van der Waals surface area (Å²) in [4.78, 5) is 13.5. The Kier molecular flexibility index (Phi) is 3.09. The highest BCUT2D eigenvalue weighted by Crippen LogP contribution is 2.35. The molecule has 3 rings (SSSR count). The summed E-state index contributed by atoms with van der Waals surface area (Å²) < 4.78 is 0. The Morgan fingerprint density at radius 2 is 2.11 bits per heavy atom. The summed E-state index contributed by atoms with van der Waals surface area (Å²) in [5.41, 5.74) is 5.88. The second kappa shape index (κ2) is 4.63. The van der Waals surface area contributed by atoms with E-state index in [1.165, 1.54) is 17.7 Å². The fraction of sp³-hybridized carbons (Fsp3) is 0.571. The van der Waals surface area contributed by atoms with Crippen molar-refractivity contribution in [2.75, 3.05) is 17.2 Å². The number of aromatic nitrogens is 2. The molecule has 0 aliphatic carbocycles. The van der Waals surface area contributed by atoms with E-state index in [0.717, 1.165) is 22.6 Å². The van der Waals surface area contributed by atoms with Crippen LogP contribution in [0.25, 0.3) is 10.2 Å². The third-order valence-electron chi connectivity index (χ3n) is 3.90. The summed E-state index contributed by atoms with van der Waals surface area (Å²) in [6, 6.07) is 2.70. The normalized spacial score (nSPS) is 24.1. The molecule has 2 aromatic rings. The van der Waals surface area contributed by atoms with Crippen molar-refractivity contribution in [2.24, 2.45) is 5.92 Å². The minimum atomic E-state index is 0.384. The van der Waals surface area contributed by atoms with Gasteiger partial charge in [-0.15, -0.1) is 11.3 Å². The smallest absolute Gasteiger partial charge is 0.223 e. The van der Waals surface area contributed by atoms with E-state index in [-0.39, 0.29) is 0 Å². The first-order valence-electron chi connectivity index (χ1n) is 6.85. The summed E-state index contributed by atoms with van der Waals surface area (Å²) in [6.07, 6.45) is 2.51. The van der Waals surface area contributed by atoms with E-state index in [2.05, 4.69) is 41.7 Å². The lowest BCUT2D eigenvalue weighted by molar-refractivity contribution is 0.389. The Balaban J connectivity index is 2.12. The van der Waals surface area contributed by atoms with Crippen LogP contribution < -0.4 is 10.6 Å². The molecular weight excluding hydrogens is 256 g/mol. The van der Waals surface area contributed by atoms with Crippen LogP contribution in [0.1, 0.15) is 31.6 Å². The summed E-state index contributed by atoms with van der Waals surface area (Å²) in [6.45, 7) is 7.74. The van der Waals surface area contributed by atoms with Crippen molar-refractivity contribution in [1.82, 2.24) is 9.97 Å². The number of nitrogens with two attached hydrogens (primary N) is 1. The van der Waals surface area contributed by atoms with Gasteiger partial charge in [-0.1, -0.05) is 6.92 Å². The predicted molar refractivity (Wildman–Crippen MR) is 81.8 cm³/mol. The van der Waals surface area contributed by atoms with Crippen LogP contribution in [0.2, 0.25) is 0 Å². The number of nitrogens with zero attached hydrogens (tertiary/aromatic N) is 3. The van der Waals surface area contributed by atoms with Crippen LogP contribution in [0, 0.1) is 12.8 Å². The molecule has 19 heavy (non-hydrogen) atoms.